The number of benzene rings is 1. The molecule has 3 nitrogen and oxygen atoms in total. The van der Waals surface area contributed by atoms with Gasteiger partial charge in [-0.2, -0.15) is 0 Å². The summed E-state index contributed by atoms with van der Waals surface area (Å²) in [5.41, 5.74) is 0. The van der Waals surface area contributed by atoms with Crippen molar-refractivity contribution in [2.45, 2.75) is 18.2 Å². The number of esters is 1. The lowest BCUT2D eigenvalue weighted by atomic mass is 10.3. The molecule has 1 aromatic rings. The predicted octanol–water partition coefficient (Wildman–Crippen LogP) is 4.09. The lowest BCUT2D eigenvalue weighted by Crippen LogP contribution is -2.19. The number of hydrogen-bond acceptors (Lipinski definition) is 3. The number of rotatable bonds is 6. The van der Waals surface area contributed by atoms with E-state index in [1.165, 1.54) is 0 Å². The van der Waals surface area contributed by atoms with Gasteiger partial charge in [0.15, 0.2) is 0 Å². The third-order valence-corrected chi connectivity index (χ3v) is 3.64. The maximum atomic E-state index is 11.3. The highest BCUT2D eigenvalue weighted by Gasteiger charge is 2.15. The third-order valence-electron chi connectivity index (χ3n) is 2.07. The highest BCUT2D eigenvalue weighted by atomic mass is 79.9. The first-order valence-electron chi connectivity index (χ1n) is 5.43. The maximum absolute atomic E-state index is 11.3. The second-order valence-corrected chi connectivity index (χ2v) is 5.35. The van der Waals surface area contributed by atoms with Gasteiger partial charge in [-0.1, -0.05) is 39.1 Å². The van der Waals surface area contributed by atoms with Gasteiger partial charge in [0.1, 0.15) is 10.6 Å². The molecule has 1 unspecified atom stereocenters. The van der Waals surface area contributed by atoms with Gasteiger partial charge in [-0.15, -0.1) is 0 Å². The molecule has 0 fully saturated rings. The fraction of sp³-hybridized carbons (Fsp3) is 0.417. The number of halogens is 3. The summed E-state index contributed by atoms with van der Waals surface area (Å²) in [4.78, 5) is 11.0. The SMILES string of the molecule is CCOC(=O)C(Br)CCOc1ccc(Cl)c(Cl)c1. The molecule has 0 radical (unpaired) electrons. The fourth-order valence-electron chi connectivity index (χ4n) is 1.20. The van der Waals surface area contributed by atoms with E-state index in [0.29, 0.717) is 35.4 Å². The Morgan fingerprint density at radius 3 is 2.72 bits per heavy atom. The minimum absolute atomic E-state index is 0.282. The van der Waals surface area contributed by atoms with Crippen LogP contribution in [0.5, 0.6) is 5.75 Å². The number of alkyl halides is 1. The quantitative estimate of drug-likeness (QED) is 0.569. The smallest absolute Gasteiger partial charge is 0.319 e. The second-order valence-electron chi connectivity index (χ2n) is 3.43. The van der Waals surface area contributed by atoms with Crippen LogP contribution in [0, 0.1) is 0 Å². The molecule has 1 rings (SSSR count). The average molecular weight is 356 g/mol. The molecule has 0 aliphatic carbocycles. The molecule has 0 saturated heterocycles. The Morgan fingerprint density at radius 2 is 2.11 bits per heavy atom. The first-order valence-corrected chi connectivity index (χ1v) is 7.10. The second kappa shape index (κ2) is 7.87. The summed E-state index contributed by atoms with van der Waals surface area (Å²) < 4.78 is 10.3. The van der Waals surface area contributed by atoms with E-state index in [-0.39, 0.29) is 10.8 Å². The number of hydrogen-bond donors (Lipinski definition) is 0. The predicted molar refractivity (Wildman–Crippen MR) is 75.9 cm³/mol. The molecule has 6 heteroatoms. The summed E-state index contributed by atoms with van der Waals surface area (Å²) in [5.74, 6) is 0.336. The van der Waals surface area contributed by atoms with Crippen LogP contribution in [-0.2, 0) is 9.53 Å². The molecular weight excluding hydrogens is 343 g/mol. The average Bonchev–Trinajstić information content (AvgIpc) is 2.34. The van der Waals surface area contributed by atoms with Crippen LogP contribution in [0.4, 0.5) is 0 Å². The first kappa shape index (κ1) is 15.6. The van der Waals surface area contributed by atoms with Crippen molar-refractivity contribution in [1.29, 1.82) is 0 Å². The lowest BCUT2D eigenvalue weighted by Gasteiger charge is -2.10. The van der Waals surface area contributed by atoms with Crippen molar-refractivity contribution in [3.05, 3.63) is 28.2 Å². The Labute approximate surface area is 124 Å². The Bertz CT molecular complexity index is 412. The summed E-state index contributed by atoms with van der Waals surface area (Å²) in [5, 5.41) is 0.920. The van der Waals surface area contributed by atoms with Crippen molar-refractivity contribution < 1.29 is 14.3 Å². The Morgan fingerprint density at radius 1 is 1.39 bits per heavy atom. The molecule has 0 saturated carbocycles. The zero-order chi connectivity index (χ0) is 13.5. The van der Waals surface area contributed by atoms with Gasteiger partial charge in [-0.3, -0.25) is 4.79 Å². The number of carbonyl (C=O) groups excluding carboxylic acids is 1. The monoisotopic (exact) mass is 354 g/mol. The highest BCUT2D eigenvalue weighted by molar-refractivity contribution is 9.10. The van der Waals surface area contributed by atoms with Crippen LogP contribution in [0.1, 0.15) is 13.3 Å². The van der Waals surface area contributed by atoms with Crippen LogP contribution in [0.2, 0.25) is 10.0 Å². The first-order chi connectivity index (χ1) is 8.54. The van der Waals surface area contributed by atoms with Gasteiger partial charge in [0.25, 0.3) is 0 Å². The molecule has 100 valence electrons. The summed E-state index contributed by atoms with van der Waals surface area (Å²) >= 11 is 14.9. The van der Waals surface area contributed by atoms with Crippen molar-refractivity contribution in [1.82, 2.24) is 0 Å². The summed E-state index contributed by atoms with van der Waals surface area (Å²) in [7, 11) is 0. The van der Waals surface area contributed by atoms with E-state index in [0.717, 1.165) is 0 Å². The Kier molecular flexibility index (Phi) is 6.82. The molecule has 0 heterocycles. The van der Waals surface area contributed by atoms with Gasteiger partial charge in [0.2, 0.25) is 0 Å². The zero-order valence-corrected chi connectivity index (χ0v) is 12.9. The van der Waals surface area contributed by atoms with Crippen molar-refractivity contribution in [3.8, 4) is 5.75 Å². The molecule has 0 bridgehead atoms. The van der Waals surface area contributed by atoms with Gasteiger partial charge in [-0.05, 0) is 19.1 Å². The summed E-state index contributed by atoms with van der Waals surface area (Å²) in [6.45, 7) is 2.52. The van der Waals surface area contributed by atoms with Gasteiger partial charge < -0.3 is 9.47 Å². The molecule has 1 aromatic carbocycles. The van der Waals surface area contributed by atoms with E-state index >= 15 is 0 Å². The normalized spacial score (nSPS) is 12.0. The Balaban J connectivity index is 2.37. The van der Waals surface area contributed by atoms with Crippen LogP contribution >= 0.6 is 39.1 Å². The molecule has 1 atom stereocenters. The van der Waals surface area contributed by atoms with E-state index in [4.69, 9.17) is 32.7 Å². The van der Waals surface area contributed by atoms with Crippen molar-refractivity contribution in [2.24, 2.45) is 0 Å². The van der Waals surface area contributed by atoms with E-state index in [9.17, 15) is 4.79 Å². The maximum Gasteiger partial charge on any atom is 0.319 e. The Hall–Kier alpha value is -0.450. The summed E-state index contributed by atoms with van der Waals surface area (Å²) in [6, 6.07) is 5.02. The van der Waals surface area contributed by atoms with E-state index < -0.39 is 0 Å². The molecule has 0 N–H and O–H groups in total. The van der Waals surface area contributed by atoms with Crippen LogP contribution in [0.25, 0.3) is 0 Å². The van der Waals surface area contributed by atoms with Crippen molar-refractivity contribution in [3.63, 3.8) is 0 Å². The minimum atomic E-state index is -0.361. The van der Waals surface area contributed by atoms with Gasteiger partial charge in [0, 0.05) is 12.5 Å². The van der Waals surface area contributed by atoms with E-state index in [2.05, 4.69) is 15.9 Å². The zero-order valence-electron chi connectivity index (χ0n) is 9.79. The molecule has 0 aliphatic heterocycles. The standard InChI is InChI=1S/C12H13BrCl2O3/c1-2-17-12(16)9(13)5-6-18-8-3-4-10(14)11(15)7-8/h3-4,7,9H,2,5-6H2,1H3. The molecular formula is C12H13BrCl2O3. The topological polar surface area (TPSA) is 35.5 Å². The van der Waals surface area contributed by atoms with Crippen LogP contribution in [0.15, 0.2) is 18.2 Å². The van der Waals surface area contributed by atoms with Gasteiger partial charge in [-0.25, -0.2) is 0 Å². The van der Waals surface area contributed by atoms with E-state index in [1.807, 2.05) is 0 Å². The van der Waals surface area contributed by atoms with Crippen molar-refractivity contribution in [2.75, 3.05) is 13.2 Å². The molecule has 0 spiro atoms. The van der Waals surface area contributed by atoms with Gasteiger partial charge >= 0.3 is 5.97 Å². The molecule has 18 heavy (non-hydrogen) atoms. The van der Waals surface area contributed by atoms with Gasteiger partial charge in [0.05, 0.1) is 23.3 Å². The molecule has 0 aliphatic rings. The van der Waals surface area contributed by atoms with E-state index in [1.54, 1.807) is 25.1 Å². The van der Waals surface area contributed by atoms with Crippen LogP contribution < -0.4 is 4.74 Å². The molecule has 0 amide bonds. The number of ether oxygens (including phenoxy) is 2. The third kappa shape index (κ3) is 5.04. The van der Waals surface area contributed by atoms with Crippen LogP contribution in [-0.4, -0.2) is 24.0 Å². The van der Waals surface area contributed by atoms with Crippen molar-refractivity contribution >= 4 is 45.1 Å². The lowest BCUT2D eigenvalue weighted by molar-refractivity contribution is -0.142. The fourth-order valence-corrected chi connectivity index (χ4v) is 1.80. The largest absolute Gasteiger partial charge is 0.493 e. The highest BCUT2D eigenvalue weighted by Crippen LogP contribution is 2.26. The van der Waals surface area contributed by atoms with Crippen LogP contribution in [0.3, 0.4) is 0 Å². The minimum Gasteiger partial charge on any atom is -0.493 e. The summed E-state index contributed by atoms with van der Waals surface area (Å²) in [6.07, 6.45) is 0.513. The molecule has 0 aromatic heterocycles. The number of carbonyl (C=O) groups is 1.